The van der Waals surface area contributed by atoms with Crippen LogP contribution in [0.3, 0.4) is 0 Å². The van der Waals surface area contributed by atoms with Gasteiger partial charge < -0.3 is 10.4 Å². The highest BCUT2D eigenvalue weighted by Gasteiger charge is 2.19. The summed E-state index contributed by atoms with van der Waals surface area (Å²) in [6.45, 7) is 3.58. The second-order valence-corrected chi connectivity index (χ2v) is 5.81. The summed E-state index contributed by atoms with van der Waals surface area (Å²) in [5, 5.41) is 14.9. The average molecular weight is 311 g/mol. The zero-order chi connectivity index (χ0) is 14.7. The smallest absolute Gasteiger partial charge is 0.234 e. The van der Waals surface area contributed by atoms with Gasteiger partial charge in [-0.2, -0.15) is 0 Å². The van der Waals surface area contributed by atoms with Crippen molar-refractivity contribution in [3.8, 4) is 0 Å². The fraction of sp³-hybridized carbons (Fsp3) is 0.286. The molecule has 1 heterocycles. The summed E-state index contributed by atoms with van der Waals surface area (Å²) in [4.78, 5) is 16.4. The number of halogens is 1. The lowest BCUT2D eigenvalue weighted by Crippen LogP contribution is -2.18. The molecule has 0 radical (unpaired) electrons. The predicted molar refractivity (Wildman–Crippen MR) is 81.3 cm³/mol. The van der Waals surface area contributed by atoms with Crippen molar-refractivity contribution in [2.24, 2.45) is 0 Å². The van der Waals surface area contributed by atoms with Gasteiger partial charge in [0.1, 0.15) is 5.01 Å². The van der Waals surface area contributed by atoms with E-state index < -0.39 is 0 Å². The number of hydrogen-bond acceptors (Lipinski definition) is 4. The summed E-state index contributed by atoms with van der Waals surface area (Å²) >= 11 is 7.40. The first-order chi connectivity index (χ1) is 9.51. The van der Waals surface area contributed by atoms with Crippen LogP contribution in [0.25, 0.3) is 0 Å². The number of carbonyl (C=O) groups is 1. The van der Waals surface area contributed by atoms with Gasteiger partial charge in [-0.05, 0) is 31.5 Å². The molecule has 0 bridgehead atoms. The quantitative estimate of drug-likeness (QED) is 0.910. The zero-order valence-corrected chi connectivity index (χ0v) is 12.8. The zero-order valence-electron chi connectivity index (χ0n) is 11.2. The van der Waals surface area contributed by atoms with Crippen LogP contribution in [0.4, 0.5) is 5.69 Å². The van der Waals surface area contributed by atoms with E-state index in [-0.39, 0.29) is 18.4 Å². The first kappa shape index (κ1) is 15.0. The fourth-order valence-electron chi connectivity index (χ4n) is 1.63. The van der Waals surface area contributed by atoms with Gasteiger partial charge in [-0.25, -0.2) is 4.98 Å². The highest BCUT2D eigenvalue weighted by atomic mass is 35.5. The third kappa shape index (κ3) is 3.36. The molecule has 2 aromatic rings. The van der Waals surface area contributed by atoms with Crippen LogP contribution in [0.15, 0.2) is 23.6 Å². The topological polar surface area (TPSA) is 62.2 Å². The van der Waals surface area contributed by atoms with E-state index in [1.165, 1.54) is 11.3 Å². The number of aliphatic hydroxyl groups excluding tert-OH is 1. The maximum atomic E-state index is 12.2. The average Bonchev–Trinajstić information content (AvgIpc) is 2.91. The SMILES string of the molecule is Cc1ccc(NC(=O)C(C)c2nc(CO)cs2)cc1Cl. The molecule has 1 amide bonds. The van der Waals surface area contributed by atoms with Gasteiger partial charge in [0.05, 0.1) is 18.2 Å². The molecule has 1 aromatic carbocycles. The van der Waals surface area contributed by atoms with Crippen molar-refractivity contribution in [2.45, 2.75) is 26.4 Å². The molecule has 1 unspecified atom stereocenters. The molecular weight excluding hydrogens is 296 g/mol. The summed E-state index contributed by atoms with van der Waals surface area (Å²) < 4.78 is 0. The summed E-state index contributed by atoms with van der Waals surface area (Å²) in [5.74, 6) is -0.524. The minimum atomic E-state index is -0.375. The number of hydrogen-bond donors (Lipinski definition) is 2. The molecule has 0 aliphatic rings. The van der Waals surface area contributed by atoms with Crippen molar-refractivity contribution >= 4 is 34.5 Å². The van der Waals surface area contributed by atoms with Crippen LogP contribution in [0.5, 0.6) is 0 Å². The van der Waals surface area contributed by atoms with Gasteiger partial charge >= 0.3 is 0 Å². The number of rotatable bonds is 4. The van der Waals surface area contributed by atoms with Gasteiger partial charge in [0.25, 0.3) is 0 Å². The number of nitrogens with one attached hydrogen (secondary N) is 1. The van der Waals surface area contributed by atoms with Crippen molar-refractivity contribution in [3.05, 3.63) is 44.9 Å². The molecule has 2 rings (SSSR count). The number of thiazole rings is 1. The summed E-state index contributed by atoms with van der Waals surface area (Å²) in [6, 6.07) is 5.39. The van der Waals surface area contributed by atoms with Crippen molar-refractivity contribution in [1.82, 2.24) is 4.98 Å². The monoisotopic (exact) mass is 310 g/mol. The van der Waals surface area contributed by atoms with E-state index in [9.17, 15) is 4.79 Å². The summed E-state index contributed by atoms with van der Waals surface area (Å²) in [7, 11) is 0. The Hall–Kier alpha value is -1.43. The Balaban J connectivity index is 2.08. The summed E-state index contributed by atoms with van der Waals surface area (Å²) in [5.41, 5.74) is 2.21. The number of amides is 1. The Kier molecular flexibility index (Phi) is 4.75. The van der Waals surface area contributed by atoms with Crippen molar-refractivity contribution < 1.29 is 9.90 Å². The molecule has 0 fully saturated rings. The van der Waals surface area contributed by atoms with E-state index in [0.29, 0.717) is 21.4 Å². The predicted octanol–water partition coefficient (Wildman–Crippen LogP) is 3.34. The van der Waals surface area contributed by atoms with Crippen LogP contribution in [0.2, 0.25) is 5.02 Å². The number of aliphatic hydroxyl groups is 1. The number of carbonyl (C=O) groups excluding carboxylic acids is 1. The van der Waals surface area contributed by atoms with Crippen LogP contribution >= 0.6 is 22.9 Å². The molecule has 0 aliphatic heterocycles. The standard InChI is InChI=1S/C14H15ClN2O2S/c1-8-3-4-10(5-12(8)15)16-13(19)9(2)14-17-11(6-18)7-20-14/h3-5,7,9,18H,6H2,1-2H3,(H,16,19). The molecule has 0 aliphatic carbocycles. The van der Waals surface area contributed by atoms with Crippen molar-refractivity contribution in [3.63, 3.8) is 0 Å². The van der Waals surface area contributed by atoms with E-state index >= 15 is 0 Å². The van der Waals surface area contributed by atoms with Gasteiger partial charge in [0.2, 0.25) is 5.91 Å². The molecule has 6 heteroatoms. The van der Waals surface area contributed by atoms with Gasteiger partial charge in [-0.15, -0.1) is 11.3 Å². The molecule has 4 nitrogen and oxygen atoms in total. The second-order valence-electron chi connectivity index (χ2n) is 4.51. The van der Waals surface area contributed by atoms with Gasteiger partial charge in [-0.1, -0.05) is 17.7 Å². The first-order valence-electron chi connectivity index (χ1n) is 6.13. The molecule has 1 atom stereocenters. The highest BCUT2D eigenvalue weighted by Crippen LogP contribution is 2.24. The Morgan fingerprint density at radius 3 is 2.90 bits per heavy atom. The molecule has 2 N–H and O–H groups in total. The fourth-order valence-corrected chi connectivity index (χ4v) is 2.67. The molecule has 1 aromatic heterocycles. The van der Waals surface area contributed by atoms with E-state index in [1.807, 2.05) is 19.1 Å². The van der Waals surface area contributed by atoms with Crippen LogP contribution in [-0.2, 0) is 11.4 Å². The number of aryl methyl sites for hydroxylation is 1. The van der Waals surface area contributed by atoms with Gasteiger partial charge in [0.15, 0.2) is 0 Å². The Morgan fingerprint density at radius 1 is 1.55 bits per heavy atom. The molecule has 0 saturated carbocycles. The lowest BCUT2D eigenvalue weighted by Gasteiger charge is -2.10. The second kappa shape index (κ2) is 6.35. The number of nitrogens with zero attached hydrogens (tertiary/aromatic N) is 1. The van der Waals surface area contributed by atoms with Crippen LogP contribution in [0, 0.1) is 6.92 Å². The third-order valence-electron chi connectivity index (χ3n) is 2.93. The largest absolute Gasteiger partial charge is 0.390 e. The Labute approximate surface area is 126 Å². The lowest BCUT2D eigenvalue weighted by atomic mass is 10.1. The van der Waals surface area contributed by atoms with E-state index in [4.69, 9.17) is 16.7 Å². The van der Waals surface area contributed by atoms with Crippen LogP contribution in [0.1, 0.15) is 29.1 Å². The minimum absolute atomic E-state index is 0.113. The maximum absolute atomic E-state index is 12.2. The van der Waals surface area contributed by atoms with Crippen LogP contribution in [-0.4, -0.2) is 16.0 Å². The Bertz CT molecular complexity index is 627. The molecular formula is C14H15ClN2O2S. The van der Waals surface area contributed by atoms with Crippen molar-refractivity contribution in [2.75, 3.05) is 5.32 Å². The van der Waals surface area contributed by atoms with Crippen molar-refractivity contribution in [1.29, 1.82) is 0 Å². The lowest BCUT2D eigenvalue weighted by molar-refractivity contribution is -0.117. The molecule has 0 saturated heterocycles. The maximum Gasteiger partial charge on any atom is 0.234 e. The number of anilines is 1. The van der Waals surface area contributed by atoms with E-state index in [0.717, 1.165) is 5.56 Å². The normalized spacial score (nSPS) is 12.2. The Morgan fingerprint density at radius 2 is 2.30 bits per heavy atom. The minimum Gasteiger partial charge on any atom is -0.390 e. The first-order valence-corrected chi connectivity index (χ1v) is 7.39. The van der Waals surface area contributed by atoms with E-state index in [2.05, 4.69) is 10.3 Å². The third-order valence-corrected chi connectivity index (χ3v) is 4.42. The number of aromatic nitrogens is 1. The van der Waals surface area contributed by atoms with E-state index in [1.54, 1.807) is 18.4 Å². The van der Waals surface area contributed by atoms with Gasteiger partial charge in [0, 0.05) is 16.1 Å². The molecule has 106 valence electrons. The van der Waals surface area contributed by atoms with Gasteiger partial charge in [-0.3, -0.25) is 4.79 Å². The summed E-state index contributed by atoms with van der Waals surface area (Å²) in [6.07, 6.45) is 0. The highest BCUT2D eigenvalue weighted by molar-refractivity contribution is 7.09. The molecule has 20 heavy (non-hydrogen) atoms. The van der Waals surface area contributed by atoms with Crippen LogP contribution < -0.4 is 5.32 Å². The molecule has 0 spiro atoms. The number of benzene rings is 1.